The van der Waals surface area contributed by atoms with Gasteiger partial charge in [0.2, 0.25) is 0 Å². The summed E-state index contributed by atoms with van der Waals surface area (Å²) in [6.45, 7) is -0.252. The van der Waals surface area contributed by atoms with Crippen LogP contribution in [0.25, 0.3) is 6.08 Å². The minimum absolute atomic E-state index is 0.252. The highest BCUT2D eigenvalue weighted by atomic mass is 32.2. The van der Waals surface area contributed by atoms with Gasteiger partial charge < -0.3 is 5.11 Å². The second-order valence-electron chi connectivity index (χ2n) is 3.14. The van der Waals surface area contributed by atoms with E-state index in [2.05, 4.69) is 0 Å². The Morgan fingerprint density at radius 3 is 2.78 bits per heavy atom. The van der Waals surface area contributed by atoms with Crippen LogP contribution in [0.2, 0.25) is 0 Å². The maximum absolute atomic E-state index is 12.0. The van der Waals surface area contributed by atoms with Crippen LogP contribution in [0, 0.1) is 0 Å². The van der Waals surface area contributed by atoms with Crippen molar-refractivity contribution in [2.45, 2.75) is 12.3 Å². The van der Waals surface area contributed by atoms with Crippen molar-refractivity contribution >= 4 is 33.4 Å². The summed E-state index contributed by atoms with van der Waals surface area (Å²) in [6.07, 6.45) is 2.25. The summed E-state index contributed by atoms with van der Waals surface area (Å²) in [7, 11) is -4.60. The summed E-state index contributed by atoms with van der Waals surface area (Å²) in [4.78, 5) is 10.8. The summed E-state index contributed by atoms with van der Waals surface area (Å²) < 4.78 is 47.3. The predicted molar refractivity (Wildman–Crippen MR) is 62.8 cm³/mol. The van der Waals surface area contributed by atoms with Gasteiger partial charge in [0.05, 0.1) is 0 Å². The van der Waals surface area contributed by atoms with Crippen molar-refractivity contribution in [3.63, 3.8) is 0 Å². The fourth-order valence-electron chi connectivity index (χ4n) is 0.980. The van der Waals surface area contributed by atoms with Gasteiger partial charge >= 0.3 is 11.7 Å². The topological polar surface area (TPSA) is 83.5 Å². The molecule has 0 saturated heterocycles. The fourth-order valence-corrected chi connectivity index (χ4v) is 2.35. The van der Waals surface area contributed by atoms with Crippen LogP contribution in [0.5, 0.6) is 0 Å². The maximum Gasteiger partial charge on any atom is 0.350 e. The number of carbonyl (C=O) groups is 1. The van der Waals surface area contributed by atoms with Gasteiger partial charge in [-0.1, -0.05) is 0 Å². The molecule has 0 atom stereocenters. The molecule has 0 aliphatic carbocycles. The third-order valence-corrected chi connectivity index (χ3v) is 3.75. The van der Waals surface area contributed by atoms with Crippen LogP contribution in [0.1, 0.15) is 10.4 Å². The van der Waals surface area contributed by atoms with E-state index in [1.165, 1.54) is 12.1 Å². The Hall–Kier alpha value is -1.32. The number of sulfonamides is 1. The number of aliphatic carboxylic acids is 1. The van der Waals surface area contributed by atoms with E-state index in [9.17, 15) is 22.0 Å². The van der Waals surface area contributed by atoms with Crippen molar-refractivity contribution in [3.05, 3.63) is 28.0 Å². The van der Waals surface area contributed by atoms with E-state index >= 15 is 0 Å². The number of hydrogen-bond acceptors (Lipinski definition) is 4. The van der Waals surface area contributed by atoms with E-state index in [0.717, 1.165) is 17.4 Å². The van der Waals surface area contributed by atoms with Crippen LogP contribution in [0.15, 0.2) is 17.5 Å². The third-order valence-electron chi connectivity index (χ3n) is 1.77. The molecule has 1 aromatic rings. The molecule has 5 nitrogen and oxygen atoms in total. The zero-order valence-corrected chi connectivity index (χ0v) is 10.5. The highest BCUT2D eigenvalue weighted by molar-refractivity contribution is 7.89. The van der Waals surface area contributed by atoms with Crippen molar-refractivity contribution in [3.8, 4) is 0 Å². The van der Waals surface area contributed by atoms with E-state index in [4.69, 9.17) is 5.11 Å². The SMILES string of the molecule is O=C(O)C=Cc1csc(CNS(=O)(=O)C(F)F)c1. The summed E-state index contributed by atoms with van der Waals surface area (Å²) in [5.74, 6) is -4.58. The molecule has 18 heavy (non-hydrogen) atoms. The molecule has 1 aromatic heterocycles. The summed E-state index contributed by atoms with van der Waals surface area (Å²) in [5.41, 5.74) is 0.564. The normalized spacial score (nSPS) is 12.4. The Morgan fingerprint density at radius 1 is 1.56 bits per heavy atom. The van der Waals surface area contributed by atoms with Gasteiger partial charge in [-0.05, 0) is 23.1 Å². The first kappa shape index (κ1) is 14.7. The van der Waals surface area contributed by atoms with Crippen LogP contribution in [-0.4, -0.2) is 25.3 Å². The van der Waals surface area contributed by atoms with Gasteiger partial charge in [-0.25, -0.2) is 17.9 Å². The second kappa shape index (κ2) is 6.03. The van der Waals surface area contributed by atoms with Crippen LogP contribution >= 0.6 is 11.3 Å². The van der Waals surface area contributed by atoms with E-state index in [1.54, 1.807) is 10.1 Å². The quantitative estimate of drug-likeness (QED) is 0.779. The van der Waals surface area contributed by atoms with Gasteiger partial charge in [-0.2, -0.15) is 8.78 Å². The van der Waals surface area contributed by atoms with Crippen molar-refractivity contribution in [2.24, 2.45) is 0 Å². The first-order valence-corrected chi connectivity index (χ1v) is 6.99. The molecule has 2 N–H and O–H groups in total. The smallest absolute Gasteiger partial charge is 0.350 e. The Morgan fingerprint density at radius 2 is 2.22 bits per heavy atom. The largest absolute Gasteiger partial charge is 0.478 e. The summed E-state index contributed by atoms with van der Waals surface area (Å²) in [5, 5.41) is 9.98. The molecule has 0 unspecified atom stereocenters. The number of rotatable bonds is 6. The molecule has 0 saturated carbocycles. The predicted octanol–water partition coefficient (Wildman–Crippen LogP) is 1.49. The third kappa shape index (κ3) is 4.51. The van der Waals surface area contributed by atoms with Crippen molar-refractivity contribution in [1.29, 1.82) is 0 Å². The molecule has 1 heterocycles. The number of alkyl halides is 2. The molecule has 0 spiro atoms. The van der Waals surface area contributed by atoms with Crippen LogP contribution < -0.4 is 4.72 Å². The number of thiophene rings is 1. The Bertz CT molecular complexity index is 551. The Labute approximate surface area is 106 Å². The molecular weight excluding hydrogens is 288 g/mol. The molecule has 0 aliphatic rings. The number of hydrogen-bond donors (Lipinski definition) is 2. The zero-order valence-electron chi connectivity index (χ0n) is 8.84. The standard InChI is InChI=1S/C9H9F2NO4S2/c10-9(11)18(15,16)12-4-7-3-6(5-17-7)1-2-8(13)14/h1-3,5,9,12H,4H2,(H,13,14). The van der Waals surface area contributed by atoms with E-state index in [-0.39, 0.29) is 6.54 Å². The van der Waals surface area contributed by atoms with Crippen LogP contribution in [-0.2, 0) is 21.4 Å². The van der Waals surface area contributed by atoms with Crippen LogP contribution in [0.4, 0.5) is 8.78 Å². The molecule has 0 radical (unpaired) electrons. The molecule has 0 fully saturated rings. The Kier molecular flexibility index (Phi) is 4.93. The minimum Gasteiger partial charge on any atom is -0.478 e. The zero-order chi connectivity index (χ0) is 13.8. The van der Waals surface area contributed by atoms with Crippen molar-refractivity contribution < 1.29 is 27.1 Å². The summed E-state index contributed by atoms with van der Waals surface area (Å²) in [6, 6.07) is 1.51. The van der Waals surface area contributed by atoms with Crippen molar-refractivity contribution in [2.75, 3.05) is 0 Å². The lowest BCUT2D eigenvalue weighted by Crippen LogP contribution is -2.28. The fraction of sp³-hybridized carbons (Fsp3) is 0.222. The van der Waals surface area contributed by atoms with Gasteiger partial charge in [-0.15, -0.1) is 11.3 Å². The average molecular weight is 297 g/mol. The minimum atomic E-state index is -4.60. The number of halogens is 2. The lowest BCUT2D eigenvalue weighted by molar-refractivity contribution is -0.131. The molecule has 0 bridgehead atoms. The second-order valence-corrected chi connectivity index (χ2v) is 5.88. The highest BCUT2D eigenvalue weighted by Crippen LogP contribution is 2.16. The number of nitrogens with one attached hydrogen (secondary N) is 1. The lowest BCUT2D eigenvalue weighted by Gasteiger charge is -2.02. The van der Waals surface area contributed by atoms with Gasteiger partial charge in [0.1, 0.15) is 0 Å². The van der Waals surface area contributed by atoms with Crippen LogP contribution in [0.3, 0.4) is 0 Å². The van der Waals surface area contributed by atoms with E-state index in [1.807, 2.05) is 0 Å². The molecule has 9 heteroatoms. The lowest BCUT2D eigenvalue weighted by atomic mass is 10.3. The summed E-state index contributed by atoms with van der Waals surface area (Å²) >= 11 is 1.14. The first-order chi connectivity index (χ1) is 8.31. The average Bonchev–Trinajstić information content (AvgIpc) is 2.71. The molecule has 0 aliphatic heterocycles. The van der Waals surface area contributed by atoms with Gasteiger partial charge in [0.15, 0.2) is 0 Å². The van der Waals surface area contributed by atoms with Gasteiger partial charge in [-0.3, -0.25) is 0 Å². The Balaban J connectivity index is 2.63. The molecule has 0 amide bonds. The van der Waals surface area contributed by atoms with Gasteiger partial charge in [0, 0.05) is 17.5 Å². The monoisotopic (exact) mass is 297 g/mol. The van der Waals surface area contributed by atoms with E-state index in [0.29, 0.717) is 10.4 Å². The molecular formula is C9H9F2NO4S2. The number of carboxylic acids is 1. The van der Waals surface area contributed by atoms with Crippen molar-refractivity contribution in [1.82, 2.24) is 4.72 Å². The molecule has 1 rings (SSSR count). The van der Waals surface area contributed by atoms with Gasteiger partial charge in [0.25, 0.3) is 10.0 Å². The molecule has 100 valence electrons. The highest BCUT2D eigenvalue weighted by Gasteiger charge is 2.23. The maximum atomic E-state index is 12.0. The van der Waals surface area contributed by atoms with E-state index < -0.39 is 21.8 Å². The number of carboxylic acid groups (broad SMARTS) is 1. The first-order valence-electron chi connectivity index (χ1n) is 4.56. The molecule has 0 aromatic carbocycles.